The fourth-order valence-electron chi connectivity index (χ4n) is 2.02. The smallest absolute Gasteiger partial charge is 0.339 e. The molecule has 23 heavy (non-hydrogen) atoms. The molecule has 2 rings (SSSR count). The molecule has 0 heterocycles. The SMILES string of the molecule is Cc1cc(OCCC=O)cc(OS(=O)(=O)c2cccc(C)c2)c1. The molecule has 6 heteroatoms. The van der Waals surface area contributed by atoms with Crippen molar-refractivity contribution >= 4 is 16.4 Å². The van der Waals surface area contributed by atoms with E-state index in [1.165, 1.54) is 12.1 Å². The lowest BCUT2D eigenvalue weighted by molar-refractivity contribution is -0.108. The number of hydrogen-bond acceptors (Lipinski definition) is 5. The molecule has 0 radical (unpaired) electrons. The molecule has 0 amide bonds. The molecular weight excluding hydrogens is 316 g/mol. The Labute approximate surface area is 136 Å². The van der Waals surface area contributed by atoms with Crippen LogP contribution in [0.3, 0.4) is 0 Å². The van der Waals surface area contributed by atoms with Crippen LogP contribution in [-0.2, 0) is 14.9 Å². The molecular formula is C17H18O5S. The summed E-state index contributed by atoms with van der Waals surface area (Å²) in [5.74, 6) is 0.633. The predicted molar refractivity (Wildman–Crippen MR) is 86.3 cm³/mol. The zero-order chi connectivity index (χ0) is 16.9. The Bertz CT molecular complexity index is 796. The third-order valence-corrected chi connectivity index (χ3v) is 4.26. The van der Waals surface area contributed by atoms with Gasteiger partial charge < -0.3 is 13.7 Å². The fraction of sp³-hybridized carbons (Fsp3) is 0.235. The predicted octanol–water partition coefficient (Wildman–Crippen LogP) is 3.04. The topological polar surface area (TPSA) is 69.7 Å². The van der Waals surface area contributed by atoms with E-state index in [1.54, 1.807) is 31.2 Å². The van der Waals surface area contributed by atoms with Gasteiger partial charge in [0.15, 0.2) is 0 Å². The second kappa shape index (κ2) is 7.28. The molecule has 0 unspecified atom stereocenters. The molecule has 0 spiro atoms. The van der Waals surface area contributed by atoms with Gasteiger partial charge >= 0.3 is 10.1 Å². The van der Waals surface area contributed by atoms with Gasteiger partial charge in [-0.2, -0.15) is 8.42 Å². The van der Waals surface area contributed by atoms with E-state index in [2.05, 4.69) is 0 Å². The summed E-state index contributed by atoms with van der Waals surface area (Å²) in [4.78, 5) is 10.4. The van der Waals surface area contributed by atoms with Crippen LogP contribution in [0.1, 0.15) is 17.5 Å². The van der Waals surface area contributed by atoms with E-state index in [0.717, 1.165) is 17.4 Å². The van der Waals surface area contributed by atoms with Gasteiger partial charge in [-0.25, -0.2) is 0 Å². The number of carbonyl (C=O) groups excluding carboxylic acids is 1. The van der Waals surface area contributed by atoms with Gasteiger partial charge in [-0.1, -0.05) is 12.1 Å². The molecule has 0 fully saturated rings. The Morgan fingerprint density at radius 2 is 1.74 bits per heavy atom. The van der Waals surface area contributed by atoms with Crippen molar-refractivity contribution in [2.75, 3.05) is 6.61 Å². The maximum atomic E-state index is 12.3. The van der Waals surface area contributed by atoms with Crippen molar-refractivity contribution in [2.45, 2.75) is 25.2 Å². The maximum Gasteiger partial charge on any atom is 0.339 e. The van der Waals surface area contributed by atoms with Gasteiger partial charge in [-0.15, -0.1) is 0 Å². The molecule has 2 aromatic rings. The maximum absolute atomic E-state index is 12.3. The minimum absolute atomic E-state index is 0.0995. The quantitative estimate of drug-likeness (QED) is 0.442. The third-order valence-electron chi connectivity index (χ3n) is 3.01. The van der Waals surface area contributed by atoms with Crippen LogP contribution in [0.4, 0.5) is 0 Å². The van der Waals surface area contributed by atoms with Crippen LogP contribution in [0.2, 0.25) is 0 Å². The average Bonchev–Trinajstić information content (AvgIpc) is 2.46. The molecule has 122 valence electrons. The van der Waals surface area contributed by atoms with Gasteiger partial charge in [0.1, 0.15) is 22.7 Å². The van der Waals surface area contributed by atoms with Crippen molar-refractivity contribution in [1.29, 1.82) is 0 Å². The van der Waals surface area contributed by atoms with Gasteiger partial charge in [-0.05, 0) is 49.2 Å². The van der Waals surface area contributed by atoms with Crippen molar-refractivity contribution < 1.29 is 22.1 Å². The van der Waals surface area contributed by atoms with Gasteiger partial charge in [0.2, 0.25) is 0 Å². The lowest BCUT2D eigenvalue weighted by atomic mass is 10.2. The number of rotatable bonds is 7. The summed E-state index contributed by atoms with van der Waals surface area (Å²) in [6.07, 6.45) is 1.03. The number of aryl methyl sites for hydroxylation is 2. The molecule has 0 aliphatic carbocycles. The lowest BCUT2D eigenvalue weighted by Gasteiger charge is -2.11. The van der Waals surface area contributed by atoms with Gasteiger partial charge in [-0.3, -0.25) is 0 Å². The first-order chi connectivity index (χ1) is 10.9. The Kier molecular flexibility index (Phi) is 5.39. The summed E-state index contributed by atoms with van der Waals surface area (Å²) >= 11 is 0. The largest absolute Gasteiger partial charge is 0.493 e. The molecule has 0 aliphatic heterocycles. The third kappa shape index (κ3) is 4.82. The number of ether oxygens (including phenoxy) is 1. The van der Waals surface area contributed by atoms with Crippen molar-refractivity contribution in [1.82, 2.24) is 0 Å². The Hall–Kier alpha value is -2.34. The Morgan fingerprint density at radius 3 is 2.43 bits per heavy atom. The van der Waals surface area contributed by atoms with Crippen LogP contribution in [0.25, 0.3) is 0 Å². The minimum Gasteiger partial charge on any atom is -0.493 e. The molecule has 0 aliphatic rings. The highest BCUT2D eigenvalue weighted by molar-refractivity contribution is 7.87. The molecule has 0 bridgehead atoms. The van der Waals surface area contributed by atoms with Crippen molar-refractivity contribution in [3.63, 3.8) is 0 Å². The van der Waals surface area contributed by atoms with Gasteiger partial charge in [0.05, 0.1) is 6.61 Å². The van der Waals surface area contributed by atoms with E-state index in [9.17, 15) is 13.2 Å². The minimum atomic E-state index is -3.91. The fourth-order valence-corrected chi connectivity index (χ4v) is 3.04. The van der Waals surface area contributed by atoms with E-state index in [-0.39, 0.29) is 23.7 Å². The van der Waals surface area contributed by atoms with Crippen LogP contribution in [0.15, 0.2) is 47.4 Å². The number of hydrogen-bond donors (Lipinski definition) is 0. The monoisotopic (exact) mass is 334 g/mol. The standard InChI is InChI=1S/C17H18O5S/c1-13-5-3-6-17(11-13)23(19,20)22-16-10-14(2)9-15(12-16)21-8-4-7-18/h3,5-7,9-12H,4,8H2,1-2H3. The van der Waals surface area contributed by atoms with Crippen molar-refractivity contribution in [2.24, 2.45) is 0 Å². The highest BCUT2D eigenvalue weighted by Crippen LogP contribution is 2.26. The van der Waals surface area contributed by atoms with Crippen LogP contribution < -0.4 is 8.92 Å². The Morgan fingerprint density at radius 1 is 1.00 bits per heavy atom. The molecule has 0 atom stereocenters. The number of aldehydes is 1. The molecule has 0 saturated heterocycles. The number of carbonyl (C=O) groups is 1. The summed E-state index contributed by atoms with van der Waals surface area (Å²) in [6.45, 7) is 3.85. The molecule has 2 aromatic carbocycles. The summed E-state index contributed by atoms with van der Waals surface area (Å²) in [5, 5.41) is 0. The second-order valence-electron chi connectivity index (χ2n) is 5.14. The van der Waals surface area contributed by atoms with E-state index in [1.807, 2.05) is 13.0 Å². The van der Waals surface area contributed by atoms with Crippen LogP contribution in [0, 0.1) is 13.8 Å². The summed E-state index contributed by atoms with van der Waals surface area (Å²) in [7, 11) is -3.91. The number of benzene rings is 2. The van der Waals surface area contributed by atoms with Crippen molar-refractivity contribution in [3.05, 3.63) is 53.6 Å². The Balaban J connectivity index is 2.23. The molecule has 0 N–H and O–H groups in total. The van der Waals surface area contributed by atoms with E-state index < -0.39 is 10.1 Å². The first-order valence-corrected chi connectivity index (χ1v) is 8.51. The molecule has 5 nitrogen and oxygen atoms in total. The van der Waals surface area contributed by atoms with Gasteiger partial charge in [0, 0.05) is 12.5 Å². The van der Waals surface area contributed by atoms with Crippen LogP contribution in [-0.4, -0.2) is 21.3 Å². The highest BCUT2D eigenvalue weighted by Gasteiger charge is 2.17. The lowest BCUT2D eigenvalue weighted by Crippen LogP contribution is -2.10. The summed E-state index contributed by atoms with van der Waals surface area (Å²) in [6, 6.07) is 11.4. The summed E-state index contributed by atoms with van der Waals surface area (Å²) in [5.41, 5.74) is 1.62. The van der Waals surface area contributed by atoms with Crippen LogP contribution >= 0.6 is 0 Å². The first kappa shape index (κ1) is 17.0. The van der Waals surface area contributed by atoms with Crippen LogP contribution in [0.5, 0.6) is 11.5 Å². The zero-order valence-corrected chi connectivity index (χ0v) is 13.8. The average molecular weight is 334 g/mol. The highest BCUT2D eigenvalue weighted by atomic mass is 32.2. The molecule has 0 aromatic heterocycles. The first-order valence-electron chi connectivity index (χ1n) is 7.10. The normalized spacial score (nSPS) is 11.0. The van der Waals surface area contributed by atoms with E-state index in [4.69, 9.17) is 8.92 Å². The van der Waals surface area contributed by atoms with Crippen molar-refractivity contribution in [3.8, 4) is 11.5 Å². The van der Waals surface area contributed by atoms with E-state index >= 15 is 0 Å². The summed E-state index contributed by atoms with van der Waals surface area (Å²) < 4.78 is 35.2. The van der Waals surface area contributed by atoms with E-state index in [0.29, 0.717) is 5.75 Å². The van der Waals surface area contributed by atoms with Gasteiger partial charge in [0.25, 0.3) is 0 Å². The second-order valence-corrected chi connectivity index (χ2v) is 6.69. The zero-order valence-electron chi connectivity index (χ0n) is 13.0. The molecule has 0 saturated carbocycles.